The smallest absolute Gasteiger partial charge is 0.362 e. The molecule has 0 aromatic rings. The number of carbonyl (C=O) groups is 3. The quantitative estimate of drug-likeness (QED) is 0.0287. The number of esters is 2. The minimum absolute atomic E-state index is 0.0521. The van der Waals surface area contributed by atoms with Crippen molar-refractivity contribution >= 4 is 17.9 Å². The number of carboxylic acids is 1. The van der Waals surface area contributed by atoms with Gasteiger partial charge in [0.1, 0.15) is 6.61 Å². The number of unbranched alkanes of at least 4 members (excludes halogenated alkanes) is 22. The van der Waals surface area contributed by atoms with Crippen LogP contribution in [-0.4, -0.2) is 80.6 Å². The van der Waals surface area contributed by atoms with Gasteiger partial charge in [-0.2, -0.15) is 0 Å². The van der Waals surface area contributed by atoms with Crippen LogP contribution < -0.4 is 0 Å². The van der Waals surface area contributed by atoms with Crippen LogP contribution in [0.3, 0.4) is 0 Å². The molecular formula is C46H86NO7+. The number of quaternary nitrogens is 1. The molecule has 0 saturated heterocycles. The molecule has 0 radical (unpaired) electrons. The third-order valence-corrected chi connectivity index (χ3v) is 10.1. The van der Waals surface area contributed by atoms with E-state index in [0.29, 0.717) is 19.3 Å². The van der Waals surface area contributed by atoms with E-state index in [4.69, 9.17) is 14.2 Å². The van der Waals surface area contributed by atoms with E-state index >= 15 is 0 Å². The molecule has 0 aliphatic rings. The summed E-state index contributed by atoms with van der Waals surface area (Å²) in [7, 11) is 5.53. The van der Waals surface area contributed by atoms with Crippen LogP contribution in [0.25, 0.3) is 0 Å². The Balaban J connectivity index is 4.34. The molecule has 0 amide bonds. The maximum Gasteiger partial charge on any atom is 0.362 e. The lowest BCUT2D eigenvalue weighted by Crippen LogP contribution is -2.50. The Labute approximate surface area is 332 Å². The third kappa shape index (κ3) is 35.5. The highest BCUT2D eigenvalue weighted by Crippen LogP contribution is 2.14. The second-order valence-electron chi connectivity index (χ2n) is 16.3. The summed E-state index contributed by atoms with van der Waals surface area (Å²) in [5, 5.41) is 9.61. The molecule has 0 rings (SSSR count). The standard InChI is InChI=1S/C46H85NO7/c1-6-8-10-12-14-16-18-20-22-24-26-28-30-32-34-36-44(48)53-41-42(40-52-39-38-43(46(50)51)47(3,4)5)54-45(49)37-35-33-31-29-27-25-23-21-19-17-15-13-11-9-7-2/h16-19,42-43H,6-15,20-41H2,1-5H3/p+1/b18-16+,19-17+. The zero-order valence-corrected chi connectivity index (χ0v) is 35.9. The monoisotopic (exact) mass is 765 g/mol. The first kappa shape index (κ1) is 51.8. The van der Waals surface area contributed by atoms with Crippen molar-refractivity contribution in [2.75, 3.05) is 41.0 Å². The van der Waals surface area contributed by atoms with Crippen LogP contribution in [0.5, 0.6) is 0 Å². The summed E-state index contributed by atoms with van der Waals surface area (Å²) in [5.74, 6) is -1.47. The highest BCUT2D eigenvalue weighted by atomic mass is 16.6. The maximum atomic E-state index is 12.7. The molecule has 0 heterocycles. The molecule has 1 N–H and O–H groups in total. The Morgan fingerprint density at radius 3 is 1.33 bits per heavy atom. The predicted octanol–water partition coefficient (Wildman–Crippen LogP) is 12.1. The summed E-state index contributed by atoms with van der Waals surface area (Å²) in [6.07, 6.45) is 40.7. The Hall–Kier alpha value is -2.19. The van der Waals surface area contributed by atoms with Gasteiger partial charge < -0.3 is 23.8 Å². The molecule has 0 fully saturated rings. The van der Waals surface area contributed by atoms with Crippen molar-refractivity contribution in [1.29, 1.82) is 0 Å². The average molecular weight is 765 g/mol. The topological polar surface area (TPSA) is 99.1 Å². The first-order valence-electron chi connectivity index (χ1n) is 22.4. The van der Waals surface area contributed by atoms with Gasteiger partial charge in [-0.05, 0) is 64.2 Å². The minimum atomic E-state index is -0.875. The summed E-state index contributed by atoms with van der Waals surface area (Å²) in [6, 6.07) is -0.613. The van der Waals surface area contributed by atoms with Crippen molar-refractivity contribution in [2.24, 2.45) is 0 Å². The Morgan fingerprint density at radius 1 is 0.537 bits per heavy atom. The number of ether oxygens (including phenoxy) is 3. The molecular weight excluding hydrogens is 679 g/mol. The van der Waals surface area contributed by atoms with Crippen LogP contribution in [0.2, 0.25) is 0 Å². The molecule has 2 unspecified atom stereocenters. The van der Waals surface area contributed by atoms with Gasteiger partial charge in [0, 0.05) is 19.3 Å². The molecule has 0 aromatic carbocycles. The highest BCUT2D eigenvalue weighted by Gasteiger charge is 2.31. The molecule has 54 heavy (non-hydrogen) atoms. The number of likely N-dealkylation sites (N-methyl/N-ethyl adjacent to an activating group) is 1. The first-order chi connectivity index (χ1) is 26.1. The highest BCUT2D eigenvalue weighted by molar-refractivity contribution is 5.72. The lowest BCUT2D eigenvalue weighted by atomic mass is 10.1. The largest absolute Gasteiger partial charge is 0.477 e. The van der Waals surface area contributed by atoms with Crippen molar-refractivity contribution in [1.82, 2.24) is 0 Å². The lowest BCUT2D eigenvalue weighted by molar-refractivity contribution is -0.887. The summed E-state index contributed by atoms with van der Waals surface area (Å²) >= 11 is 0. The van der Waals surface area contributed by atoms with Gasteiger partial charge >= 0.3 is 17.9 Å². The van der Waals surface area contributed by atoms with E-state index < -0.39 is 18.1 Å². The number of hydrogen-bond acceptors (Lipinski definition) is 6. The van der Waals surface area contributed by atoms with Crippen LogP contribution in [0.4, 0.5) is 0 Å². The van der Waals surface area contributed by atoms with E-state index in [-0.39, 0.29) is 36.2 Å². The van der Waals surface area contributed by atoms with Crippen molar-refractivity contribution in [3.8, 4) is 0 Å². The van der Waals surface area contributed by atoms with Crippen LogP contribution >= 0.6 is 0 Å². The Bertz CT molecular complexity index is 942. The average Bonchev–Trinajstić information content (AvgIpc) is 3.12. The Kier molecular flexibility index (Phi) is 36.2. The zero-order valence-electron chi connectivity index (χ0n) is 35.9. The summed E-state index contributed by atoms with van der Waals surface area (Å²) in [5.41, 5.74) is 0. The lowest BCUT2D eigenvalue weighted by Gasteiger charge is -2.31. The normalized spacial score (nSPS) is 13.1. The zero-order chi connectivity index (χ0) is 40.0. The van der Waals surface area contributed by atoms with Crippen molar-refractivity contribution in [2.45, 2.75) is 212 Å². The fourth-order valence-electron chi connectivity index (χ4n) is 6.55. The van der Waals surface area contributed by atoms with Crippen LogP contribution in [-0.2, 0) is 28.6 Å². The van der Waals surface area contributed by atoms with Crippen LogP contribution in [0, 0.1) is 0 Å². The molecule has 0 bridgehead atoms. The van der Waals surface area contributed by atoms with Gasteiger partial charge in [0.05, 0.1) is 34.4 Å². The van der Waals surface area contributed by atoms with Gasteiger partial charge in [-0.1, -0.05) is 141 Å². The summed E-state index contributed by atoms with van der Waals surface area (Å²) in [4.78, 5) is 37.0. The van der Waals surface area contributed by atoms with E-state index in [1.807, 2.05) is 21.1 Å². The van der Waals surface area contributed by atoms with Gasteiger partial charge in [-0.3, -0.25) is 9.59 Å². The molecule has 0 aliphatic carbocycles. The molecule has 316 valence electrons. The Morgan fingerprint density at radius 2 is 0.926 bits per heavy atom. The number of allylic oxidation sites excluding steroid dienone is 4. The predicted molar refractivity (Wildman–Crippen MR) is 225 cm³/mol. The summed E-state index contributed by atoms with van der Waals surface area (Å²) in [6.45, 7) is 4.71. The first-order valence-corrected chi connectivity index (χ1v) is 22.4. The van der Waals surface area contributed by atoms with Gasteiger partial charge in [0.15, 0.2) is 12.1 Å². The van der Waals surface area contributed by atoms with Gasteiger partial charge in [0.25, 0.3) is 0 Å². The van der Waals surface area contributed by atoms with Crippen molar-refractivity contribution < 1.29 is 38.2 Å². The molecule has 0 spiro atoms. The molecule has 2 atom stereocenters. The van der Waals surface area contributed by atoms with E-state index in [1.165, 1.54) is 128 Å². The van der Waals surface area contributed by atoms with Gasteiger partial charge in [-0.15, -0.1) is 0 Å². The fraction of sp³-hybridized carbons (Fsp3) is 0.848. The molecule has 0 saturated carbocycles. The molecule has 0 aliphatic heterocycles. The second-order valence-corrected chi connectivity index (χ2v) is 16.3. The minimum Gasteiger partial charge on any atom is -0.477 e. The second kappa shape index (κ2) is 37.7. The maximum absolute atomic E-state index is 12.7. The SMILES string of the molecule is CCCCCC/C=C/CCCCCCCCCC(=O)OCC(COCCC(C(=O)O)[N+](C)(C)C)OC(=O)CCCCCCCCC/C=C/CCCCCC. The number of nitrogens with zero attached hydrogens (tertiary/aromatic N) is 1. The van der Waals surface area contributed by atoms with E-state index in [9.17, 15) is 19.5 Å². The van der Waals surface area contributed by atoms with E-state index in [1.54, 1.807) is 0 Å². The molecule has 0 aromatic heterocycles. The third-order valence-electron chi connectivity index (χ3n) is 10.1. The van der Waals surface area contributed by atoms with Crippen molar-refractivity contribution in [3.05, 3.63) is 24.3 Å². The van der Waals surface area contributed by atoms with Gasteiger partial charge in [-0.25, -0.2) is 4.79 Å². The van der Waals surface area contributed by atoms with Crippen molar-refractivity contribution in [3.63, 3.8) is 0 Å². The molecule has 8 heteroatoms. The number of aliphatic carboxylic acids is 1. The number of carboxylic acid groups (broad SMARTS) is 1. The van der Waals surface area contributed by atoms with Gasteiger partial charge in [0.2, 0.25) is 0 Å². The van der Waals surface area contributed by atoms with Crippen LogP contribution in [0.15, 0.2) is 24.3 Å². The van der Waals surface area contributed by atoms with E-state index in [2.05, 4.69) is 38.2 Å². The van der Waals surface area contributed by atoms with E-state index in [0.717, 1.165) is 38.5 Å². The molecule has 8 nitrogen and oxygen atoms in total. The summed E-state index contributed by atoms with van der Waals surface area (Å²) < 4.78 is 17.3. The van der Waals surface area contributed by atoms with Crippen LogP contribution in [0.1, 0.15) is 200 Å². The number of rotatable bonds is 40. The number of carbonyl (C=O) groups excluding carboxylic acids is 2. The fourth-order valence-corrected chi connectivity index (χ4v) is 6.55. The number of hydrogen-bond donors (Lipinski definition) is 1.